The van der Waals surface area contributed by atoms with Crippen molar-refractivity contribution in [2.45, 2.75) is 0 Å². The maximum Gasteiger partial charge on any atom is -0.000718 e. The third-order valence-corrected chi connectivity index (χ3v) is 15.2. The molecule has 0 bridgehead atoms. The molecule has 0 radical (unpaired) electrons. The van der Waals surface area contributed by atoms with Crippen LogP contribution in [0.3, 0.4) is 0 Å². The normalized spacial score (nSPS) is 12.7. The van der Waals surface area contributed by atoms with Crippen molar-refractivity contribution in [2.24, 2.45) is 0 Å². The predicted octanol–water partition coefficient (Wildman–Crippen LogP) is 18.2. The van der Waals surface area contributed by atoms with E-state index in [-0.39, 0.29) is 0 Å². The van der Waals surface area contributed by atoms with E-state index in [2.05, 4.69) is 206 Å². The summed E-state index contributed by atoms with van der Waals surface area (Å²) >= 11 is 0. The first kappa shape index (κ1) is 33.3. The summed E-state index contributed by atoms with van der Waals surface area (Å²) in [5, 5.41) is 26.7. The smallest absolute Gasteiger partial charge is 0.000718 e. The van der Waals surface area contributed by atoms with Crippen LogP contribution < -0.4 is 0 Å². The van der Waals surface area contributed by atoms with Gasteiger partial charge in [-0.15, -0.1) is 0 Å². The van der Waals surface area contributed by atoms with Gasteiger partial charge in [-0.05, 0) is 175 Å². The first-order valence-corrected chi connectivity index (χ1v) is 22.5. The van der Waals surface area contributed by atoms with Gasteiger partial charge in [0.1, 0.15) is 0 Å². The van der Waals surface area contributed by atoms with Crippen molar-refractivity contribution in [1.82, 2.24) is 0 Å². The molecule has 0 fully saturated rings. The van der Waals surface area contributed by atoms with E-state index in [1.807, 2.05) is 0 Å². The summed E-state index contributed by atoms with van der Waals surface area (Å²) in [6.07, 6.45) is 0. The van der Waals surface area contributed by atoms with Crippen LogP contribution in [0.4, 0.5) is 0 Å². The molecule has 0 saturated carbocycles. The highest BCUT2D eigenvalue weighted by atomic mass is 14.3. The maximum atomic E-state index is 2.56. The van der Waals surface area contributed by atoms with E-state index in [0.717, 1.165) is 0 Å². The van der Waals surface area contributed by atoms with Crippen LogP contribution in [0.5, 0.6) is 0 Å². The van der Waals surface area contributed by atoms with E-state index >= 15 is 0 Å². The minimum atomic E-state index is 1.24. The lowest BCUT2D eigenvalue weighted by molar-refractivity contribution is 1.66. The Morgan fingerprint density at radius 2 is 0.609 bits per heavy atom. The molecular formula is C64H34. The summed E-state index contributed by atoms with van der Waals surface area (Å²) in [5.74, 6) is 0. The molecule has 1 aliphatic carbocycles. The van der Waals surface area contributed by atoms with Crippen molar-refractivity contribution < 1.29 is 0 Å². The molecule has 0 heteroatoms. The zero-order valence-corrected chi connectivity index (χ0v) is 34.6. The van der Waals surface area contributed by atoms with Gasteiger partial charge in [0.15, 0.2) is 0 Å². The second-order valence-electron chi connectivity index (χ2n) is 18.1. The van der Waals surface area contributed by atoms with Crippen molar-refractivity contribution >= 4 is 108 Å². The molecular weight excluding hydrogens is 769 g/mol. The second kappa shape index (κ2) is 11.8. The zero-order valence-electron chi connectivity index (χ0n) is 34.6. The van der Waals surface area contributed by atoms with Gasteiger partial charge in [0.05, 0.1) is 0 Å². The first-order valence-electron chi connectivity index (χ1n) is 22.5. The van der Waals surface area contributed by atoms with Gasteiger partial charge in [-0.3, -0.25) is 0 Å². The van der Waals surface area contributed by atoms with E-state index in [0.29, 0.717) is 0 Å². The van der Waals surface area contributed by atoms with Gasteiger partial charge in [-0.1, -0.05) is 194 Å². The molecule has 0 unspecified atom stereocenters. The lowest BCUT2D eigenvalue weighted by Crippen LogP contribution is -1.91. The van der Waals surface area contributed by atoms with Crippen LogP contribution in [-0.2, 0) is 0 Å². The van der Waals surface area contributed by atoms with Gasteiger partial charge in [-0.2, -0.15) is 0 Å². The fourth-order valence-electron chi connectivity index (χ4n) is 12.8. The van der Waals surface area contributed by atoms with Gasteiger partial charge in [0.25, 0.3) is 0 Å². The molecule has 0 spiro atoms. The molecule has 15 aromatic rings. The summed E-state index contributed by atoms with van der Waals surface area (Å²) in [5.41, 5.74) is 13.0. The Morgan fingerprint density at radius 3 is 1.25 bits per heavy atom. The van der Waals surface area contributed by atoms with Crippen LogP contribution in [0.25, 0.3) is 163 Å². The van der Waals surface area contributed by atoms with Crippen molar-refractivity contribution in [3.05, 3.63) is 206 Å². The van der Waals surface area contributed by atoms with Crippen LogP contribution in [0, 0.1) is 0 Å². The average molecular weight is 803 g/mol. The monoisotopic (exact) mass is 802 g/mol. The molecule has 16 rings (SSSR count). The minimum Gasteiger partial charge on any atom is -0.0622 e. The first-order chi connectivity index (χ1) is 31.8. The number of hydrogen-bond donors (Lipinski definition) is 0. The highest BCUT2D eigenvalue weighted by molar-refractivity contribution is 6.49. The molecule has 0 heterocycles. The van der Waals surface area contributed by atoms with Crippen molar-refractivity contribution in [2.75, 3.05) is 0 Å². The Labute approximate surface area is 367 Å². The zero-order chi connectivity index (χ0) is 41.4. The highest BCUT2D eigenvalue weighted by Crippen LogP contribution is 2.58. The van der Waals surface area contributed by atoms with E-state index in [9.17, 15) is 0 Å². The maximum absolute atomic E-state index is 2.56. The number of benzene rings is 13. The molecule has 0 nitrogen and oxygen atoms in total. The molecule has 0 saturated heterocycles. The molecule has 64 heavy (non-hydrogen) atoms. The van der Waals surface area contributed by atoms with Crippen molar-refractivity contribution in [3.8, 4) is 55.6 Å². The second-order valence-corrected chi connectivity index (χ2v) is 18.1. The largest absolute Gasteiger partial charge is 0.0622 e. The molecule has 0 amide bonds. The number of hydrogen-bond acceptors (Lipinski definition) is 0. The standard InChI is InChI=1S/C64H34/c1-4-13-35(14-5-1)38-23-24-41-42-21-12-22-49-57(42)53(52(41)33-38)34-54-55(36-15-6-2-7-16-36)63-50-31-29-47-45-27-25-43-39-19-10-11-20-40(39)44-26-28-46(59(45)58(43)44)48-30-32-51(61(50)60(47)48)64(63)56(62(49)54)37-17-8-3-9-18-37/h1-34H. The quantitative estimate of drug-likeness (QED) is 0.123. The van der Waals surface area contributed by atoms with Gasteiger partial charge < -0.3 is 0 Å². The summed E-state index contributed by atoms with van der Waals surface area (Å²) < 4.78 is 0. The molecule has 0 aromatic heterocycles. The van der Waals surface area contributed by atoms with Crippen LogP contribution in [0.2, 0.25) is 0 Å². The van der Waals surface area contributed by atoms with Crippen LogP contribution >= 0.6 is 0 Å². The molecule has 290 valence electrons. The predicted molar refractivity (Wildman–Crippen MR) is 276 cm³/mol. The lowest BCUT2D eigenvalue weighted by atomic mass is 9.84. The molecule has 1 aliphatic rings. The number of rotatable bonds is 3. The van der Waals surface area contributed by atoms with Crippen molar-refractivity contribution in [3.63, 3.8) is 0 Å². The fourth-order valence-corrected chi connectivity index (χ4v) is 12.8. The molecule has 0 aliphatic heterocycles. The Balaban J connectivity index is 1.13. The Bertz CT molecular complexity index is 4410. The fraction of sp³-hybridized carbons (Fsp3) is 0. The van der Waals surface area contributed by atoms with E-state index in [1.165, 1.54) is 163 Å². The summed E-state index contributed by atoms with van der Waals surface area (Å²) in [7, 11) is 0. The van der Waals surface area contributed by atoms with Crippen LogP contribution in [-0.4, -0.2) is 0 Å². The Kier molecular flexibility index (Phi) is 6.13. The van der Waals surface area contributed by atoms with Gasteiger partial charge in [-0.25, -0.2) is 0 Å². The highest BCUT2D eigenvalue weighted by Gasteiger charge is 2.29. The van der Waals surface area contributed by atoms with E-state index in [1.54, 1.807) is 0 Å². The summed E-state index contributed by atoms with van der Waals surface area (Å²) in [4.78, 5) is 0. The lowest BCUT2D eigenvalue weighted by Gasteiger charge is -2.19. The minimum absolute atomic E-state index is 1.24. The van der Waals surface area contributed by atoms with E-state index in [4.69, 9.17) is 0 Å². The Hall–Kier alpha value is -8.32. The Morgan fingerprint density at radius 1 is 0.156 bits per heavy atom. The van der Waals surface area contributed by atoms with Crippen LogP contribution in [0.15, 0.2) is 206 Å². The van der Waals surface area contributed by atoms with Gasteiger partial charge in [0.2, 0.25) is 0 Å². The third-order valence-electron chi connectivity index (χ3n) is 15.2. The van der Waals surface area contributed by atoms with Crippen LogP contribution in [0.1, 0.15) is 0 Å². The molecule has 15 aromatic carbocycles. The molecule has 0 atom stereocenters. The molecule has 0 N–H and O–H groups in total. The topological polar surface area (TPSA) is 0 Å². The van der Waals surface area contributed by atoms with Crippen molar-refractivity contribution in [1.29, 1.82) is 0 Å². The third kappa shape index (κ3) is 3.97. The van der Waals surface area contributed by atoms with Gasteiger partial charge in [0, 0.05) is 0 Å². The average Bonchev–Trinajstić information content (AvgIpc) is 4.00. The number of fused-ring (bicyclic) bond motifs is 13. The van der Waals surface area contributed by atoms with E-state index < -0.39 is 0 Å². The summed E-state index contributed by atoms with van der Waals surface area (Å²) in [6, 6.07) is 78.3. The van der Waals surface area contributed by atoms with Gasteiger partial charge >= 0.3 is 0 Å². The SMILES string of the molecule is c1ccc(-c2ccc3c(c2)c2cc4c(-c5ccccc5)c5c6ccc7c8ccc9c%10c(ccc(c%11ccc(c5c(-c5ccccc5)c4c4cccc3c24)c6c7%11)c%108)-c2ccccc2-9)cc1. The summed E-state index contributed by atoms with van der Waals surface area (Å²) in [6.45, 7) is 0.